The first kappa shape index (κ1) is 14.1. The molecule has 0 aromatic carbocycles. The van der Waals surface area contributed by atoms with Gasteiger partial charge in [0, 0.05) is 23.4 Å². The minimum atomic E-state index is 0.218. The van der Waals surface area contributed by atoms with Crippen molar-refractivity contribution in [2.75, 3.05) is 0 Å². The van der Waals surface area contributed by atoms with E-state index in [4.69, 9.17) is 5.73 Å². The van der Waals surface area contributed by atoms with E-state index in [1.807, 2.05) is 6.07 Å². The molecular formula is C16H24N2OS. The summed E-state index contributed by atoms with van der Waals surface area (Å²) in [6.07, 6.45) is 7.44. The molecule has 0 spiro atoms. The van der Waals surface area contributed by atoms with E-state index in [0.29, 0.717) is 30.3 Å². The predicted octanol–water partition coefficient (Wildman–Crippen LogP) is 2.70. The maximum atomic E-state index is 12.2. The van der Waals surface area contributed by atoms with Crippen LogP contribution in [-0.2, 0) is 11.2 Å². The number of amides is 1. The molecule has 2 atom stereocenters. The minimum absolute atomic E-state index is 0.218. The zero-order valence-corrected chi connectivity index (χ0v) is 12.7. The van der Waals surface area contributed by atoms with Crippen LogP contribution in [0.15, 0.2) is 17.5 Å². The topological polar surface area (TPSA) is 55.1 Å². The van der Waals surface area contributed by atoms with Gasteiger partial charge in [0.1, 0.15) is 0 Å². The van der Waals surface area contributed by atoms with Crippen molar-refractivity contribution in [3.05, 3.63) is 22.4 Å². The van der Waals surface area contributed by atoms with Gasteiger partial charge >= 0.3 is 0 Å². The van der Waals surface area contributed by atoms with Crippen molar-refractivity contribution in [2.24, 2.45) is 17.6 Å². The highest BCUT2D eigenvalue weighted by atomic mass is 32.1. The number of nitrogens with two attached hydrogens (primary N) is 1. The van der Waals surface area contributed by atoms with Crippen LogP contribution in [0, 0.1) is 11.8 Å². The summed E-state index contributed by atoms with van der Waals surface area (Å²) in [5, 5.41) is 5.38. The molecule has 1 aromatic rings. The molecule has 2 bridgehead atoms. The number of carbonyl (C=O) groups excluding carboxylic acids is 1. The lowest BCUT2D eigenvalue weighted by atomic mass is 9.67. The summed E-state index contributed by atoms with van der Waals surface area (Å²) >= 11 is 1.73. The van der Waals surface area contributed by atoms with Gasteiger partial charge in [0.05, 0.1) is 0 Å². The van der Waals surface area contributed by atoms with Gasteiger partial charge in [0.2, 0.25) is 5.91 Å². The van der Waals surface area contributed by atoms with Gasteiger partial charge in [-0.3, -0.25) is 4.79 Å². The molecule has 2 saturated carbocycles. The number of hydrogen-bond donors (Lipinski definition) is 2. The van der Waals surface area contributed by atoms with Gasteiger partial charge in [0.25, 0.3) is 0 Å². The Kier molecular flexibility index (Phi) is 4.41. The highest BCUT2D eigenvalue weighted by molar-refractivity contribution is 7.09. The summed E-state index contributed by atoms with van der Waals surface area (Å²) in [6.45, 7) is 0. The molecule has 2 aliphatic carbocycles. The lowest BCUT2D eigenvalue weighted by Crippen LogP contribution is -2.53. The average Bonchev–Trinajstić information content (AvgIpc) is 2.91. The molecule has 0 saturated heterocycles. The van der Waals surface area contributed by atoms with Gasteiger partial charge in [-0.15, -0.1) is 11.3 Å². The normalized spacial score (nSPS) is 32.9. The Hall–Kier alpha value is -0.870. The number of hydrogen-bond acceptors (Lipinski definition) is 3. The Labute approximate surface area is 124 Å². The fourth-order valence-corrected chi connectivity index (χ4v) is 4.68. The van der Waals surface area contributed by atoms with Crippen LogP contribution in [0.2, 0.25) is 0 Å². The summed E-state index contributed by atoms with van der Waals surface area (Å²) in [5.41, 5.74) is 6.13. The van der Waals surface area contributed by atoms with E-state index in [2.05, 4.69) is 16.8 Å². The summed E-state index contributed by atoms with van der Waals surface area (Å²) in [6, 6.07) is 4.89. The van der Waals surface area contributed by atoms with E-state index >= 15 is 0 Å². The molecule has 2 fully saturated rings. The molecule has 1 amide bonds. The number of rotatable bonds is 4. The van der Waals surface area contributed by atoms with Crippen molar-refractivity contribution in [1.29, 1.82) is 0 Å². The van der Waals surface area contributed by atoms with Crippen molar-refractivity contribution in [3.63, 3.8) is 0 Å². The average molecular weight is 292 g/mol. The number of aryl methyl sites for hydroxylation is 1. The quantitative estimate of drug-likeness (QED) is 0.896. The third-order valence-corrected chi connectivity index (χ3v) is 5.82. The number of fused-ring (bicyclic) bond motifs is 2. The zero-order valence-electron chi connectivity index (χ0n) is 11.9. The largest absolute Gasteiger partial charge is 0.353 e. The molecule has 0 aliphatic heterocycles. The highest BCUT2D eigenvalue weighted by Gasteiger charge is 2.39. The van der Waals surface area contributed by atoms with Crippen LogP contribution in [0.5, 0.6) is 0 Å². The third-order valence-electron chi connectivity index (χ3n) is 4.88. The standard InChI is InChI=1S/C16H24N2OS/c17-13-9-11-3-1-4-12(10-13)16(11)18-15(19)7-6-14-5-2-8-20-14/h2,5,8,11-13,16H,1,3-4,6-7,9-10,17H2,(H,18,19). The van der Waals surface area contributed by atoms with E-state index in [0.717, 1.165) is 19.3 Å². The maximum Gasteiger partial charge on any atom is 0.220 e. The number of nitrogens with one attached hydrogen (secondary N) is 1. The lowest BCUT2D eigenvalue weighted by molar-refractivity contribution is -0.123. The molecule has 2 aliphatic rings. The lowest BCUT2D eigenvalue weighted by Gasteiger charge is -2.45. The van der Waals surface area contributed by atoms with Crippen LogP contribution < -0.4 is 11.1 Å². The summed E-state index contributed by atoms with van der Waals surface area (Å²) < 4.78 is 0. The summed E-state index contributed by atoms with van der Waals surface area (Å²) in [7, 11) is 0. The zero-order chi connectivity index (χ0) is 13.9. The van der Waals surface area contributed by atoms with Gasteiger partial charge in [-0.1, -0.05) is 12.5 Å². The van der Waals surface area contributed by atoms with E-state index in [-0.39, 0.29) is 5.91 Å². The molecule has 4 heteroatoms. The first-order valence-electron chi connectivity index (χ1n) is 7.79. The van der Waals surface area contributed by atoms with E-state index in [1.54, 1.807) is 11.3 Å². The van der Waals surface area contributed by atoms with Crippen molar-refractivity contribution in [3.8, 4) is 0 Å². The Bertz CT molecular complexity index is 431. The van der Waals surface area contributed by atoms with Crippen LogP contribution in [0.1, 0.15) is 43.4 Å². The van der Waals surface area contributed by atoms with Gasteiger partial charge < -0.3 is 11.1 Å². The second-order valence-electron chi connectivity index (χ2n) is 6.36. The molecule has 0 radical (unpaired) electrons. The van der Waals surface area contributed by atoms with Gasteiger partial charge in [-0.2, -0.15) is 0 Å². The van der Waals surface area contributed by atoms with Crippen LogP contribution in [0.25, 0.3) is 0 Å². The molecular weight excluding hydrogens is 268 g/mol. The van der Waals surface area contributed by atoms with Crippen LogP contribution in [0.3, 0.4) is 0 Å². The summed E-state index contributed by atoms with van der Waals surface area (Å²) in [5.74, 6) is 1.45. The Balaban J connectivity index is 1.53. The van der Waals surface area contributed by atoms with Gasteiger partial charge in [-0.05, 0) is 55.4 Å². The molecule has 3 nitrogen and oxygen atoms in total. The van der Waals surface area contributed by atoms with E-state index in [1.165, 1.54) is 24.1 Å². The first-order chi connectivity index (χ1) is 9.72. The predicted molar refractivity (Wildman–Crippen MR) is 82.6 cm³/mol. The molecule has 2 unspecified atom stereocenters. The molecule has 1 aromatic heterocycles. The van der Waals surface area contributed by atoms with Crippen molar-refractivity contribution >= 4 is 17.2 Å². The minimum Gasteiger partial charge on any atom is -0.353 e. The second kappa shape index (κ2) is 6.27. The molecule has 110 valence electrons. The number of carbonyl (C=O) groups is 1. The SMILES string of the molecule is NC1CC2CCCC(C1)C2NC(=O)CCc1cccs1. The number of thiophene rings is 1. The molecule has 3 N–H and O–H groups in total. The van der Waals surface area contributed by atoms with Crippen LogP contribution in [0.4, 0.5) is 0 Å². The Morgan fingerprint density at radius 1 is 1.35 bits per heavy atom. The van der Waals surface area contributed by atoms with Gasteiger partial charge in [-0.25, -0.2) is 0 Å². The molecule has 20 heavy (non-hydrogen) atoms. The van der Waals surface area contributed by atoms with Crippen LogP contribution in [-0.4, -0.2) is 18.0 Å². The fourth-order valence-electron chi connectivity index (χ4n) is 3.97. The first-order valence-corrected chi connectivity index (χ1v) is 8.67. The van der Waals surface area contributed by atoms with Gasteiger partial charge in [0.15, 0.2) is 0 Å². The Morgan fingerprint density at radius 2 is 2.10 bits per heavy atom. The molecule has 1 heterocycles. The van der Waals surface area contributed by atoms with E-state index in [9.17, 15) is 4.79 Å². The molecule has 3 rings (SSSR count). The Morgan fingerprint density at radius 3 is 2.75 bits per heavy atom. The highest BCUT2D eigenvalue weighted by Crippen LogP contribution is 2.39. The fraction of sp³-hybridized carbons (Fsp3) is 0.688. The second-order valence-corrected chi connectivity index (χ2v) is 7.39. The maximum absolute atomic E-state index is 12.2. The van der Waals surface area contributed by atoms with Crippen molar-refractivity contribution < 1.29 is 4.79 Å². The van der Waals surface area contributed by atoms with Crippen molar-refractivity contribution in [1.82, 2.24) is 5.32 Å². The smallest absolute Gasteiger partial charge is 0.220 e. The van der Waals surface area contributed by atoms with E-state index < -0.39 is 0 Å². The van der Waals surface area contributed by atoms with Crippen LogP contribution >= 0.6 is 11.3 Å². The van der Waals surface area contributed by atoms with Crippen molar-refractivity contribution in [2.45, 2.75) is 57.0 Å². The third kappa shape index (κ3) is 3.23. The summed E-state index contributed by atoms with van der Waals surface area (Å²) in [4.78, 5) is 13.5. The monoisotopic (exact) mass is 292 g/mol.